The van der Waals surface area contributed by atoms with E-state index in [2.05, 4.69) is 4.74 Å². The molecule has 128 valence electrons. The summed E-state index contributed by atoms with van der Waals surface area (Å²) in [6.45, 7) is 0.148. The van der Waals surface area contributed by atoms with Gasteiger partial charge in [-0.15, -0.1) is 0 Å². The third-order valence-electron chi connectivity index (χ3n) is 3.55. The summed E-state index contributed by atoms with van der Waals surface area (Å²) < 4.78 is 36.5. The number of rotatable bonds is 6. The molecule has 0 aliphatic rings. The van der Waals surface area contributed by atoms with E-state index in [0.29, 0.717) is 5.75 Å². The number of hydrogen-bond acceptors (Lipinski definition) is 5. The van der Waals surface area contributed by atoms with Crippen molar-refractivity contribution >= 4 is 16.0 Å². The minimum absolute atomic E-state index is 0.0304. The quantitative estimate of drug-likeness (QED) is 0.748. The largest absolute Gasteiger partial charge is 0.496 e. The minimum Gasteiger partial charge on any atom is -0.496 e. The third-order valence-corrected chi connectivity index (χ3v) is 5.35. The zero-order valence-corrected chi connectivity index (χ0v) is 14.5. The smallest absolute Gasteiger partial charge is 0.337 e. The molecule has 0 saturated heterocycles. The topological polar surface area (TPSA) is 72.9 Å². The highest BCUT2D eigenvalue weighted by Crippen LogP contribution is 2.23. The number of ether oxygens (including phenoxy) is 2. The van der Waals surface area contributed by atoms with Gasteiger partial charge >= 0.3 is 5.97 Å². The van der Waals surface area contributed by atoms with Crippen LogP contribution in [0.1, 0.15) is 15.9 Å². The number of sulfonamides is 1. The molecule has 6 nitrogen and oxygen atoms in total. The molecule has 0 atom stereocenters. The van der Waals surface area contributed by atoms with Gasteiger partial charge in [0.15, 0.2) is 0 Å². The normalized spacial score (nSPS) is 11.3. The zero-order chi connectivity index (χ0) is 17.7. The lowest BCUT2D eigenvalue weighted by Gasteiger charge is -2.19. The SMILES string of the molecule is COC(=O)c1cccc(S(=O)(=O)N(C)Cc2ccccc2OC)c1. The van der Waals surface area contributed by atoms with Crippen molar-refractivity contribution in [1.29, 1.82) is 0 Å². The number of carbonyl (C=O) groups is 1. The Hall–Kier alpha value is -2.38. The van der Waals surface area contributed by atoms with Gasteiger partial charge < -0.3 is 9.47 Å². The van der Waals surface area contributed by atoms with Crippen LogP contribution in [0.5, 0.6) is 5.75 Å². The maximum Gasteiger partial charge on any atom is 0.337 e. The zero-order valence-electron chi connectivity index (χ0n) is 13.7. The van der Waals surface area contributed by atoms with Crippen LogP contribution in [0.25, 0.3) is 0 Å². The van der Waals surface area contributed by atoms with Crippen molar-refractivity contribution in [3.05, 3.63) is 59.7 Å². The van der Waals surface area contributed by atoms with Crippen molar-refractivity contribution in [3.8, 4) is 5.75 Å². The van der Waals surface area contributed by atoms with Gasteiger partial charge in [-0.05, 0) is 24.3 Å². The molecule has 0 spiro atoms. The number of esters is 1. The van der Waals surface area contributed by atoms with Gasteiger partial charge in [0.1, 0.15) is 5.75 Å². The molecule has 2 aromatic rings. The molecule has 0 aliphatic heterocycles. The van der Waals surface area contributed by atoms with Crippen LogP contribution < -0.4 is 4.74 Å². The molecule has 0 fully saturated rings. The highest BCUT2D eigenvalue weighted by Gasteiger charge is 2.23. The Morgan fingerprint density at radius 2 is 1.79 bits per heavy atom. The Morgan fingerprint density at radius 3 is 2.46 bits per heavy atom. The molecule has 24 heavy (non-hydrogen) atoms. The molecule has 0 N–H and O–H groups in total. The van der Waals surface area contributed by atoms with Crippen LogP contribution in [0.2, 0.25) is 0 Å². The van der Waals surface area contributed by atoms with Crippen LogP contribution in [0.15, 0.2) is 53.4 Å². The first-order chi connectivity index (χ1) is 11.4. The number of para-hydroxylation sites is 1. The van der Waals surface area contributed by atoms with Gasteiger partial charge in [0.25, 0.3) is 0 Å². The molecule has 7 heteroatoms. The van der Waals surface area contributed by atoms with E-state index in [0.717, 1.165) is 5.56 Å². The Balaban J connectivity index is 2.31. The standard InChI is InChI=1S/C17H19NO5S/c1-18(12-14-7-4-5-10-16(14)22-2)24(20,21)15-9-6-8-13(11-15)17(19)23-3/h4-11H,12H2,1-3H3. The Kier molecular flexibility index (Phi) is 5.58. The first-order valence-electron chi connectivity index (χ1n) is 7.16. The fourth-order valence-corrected chi connectivity index (χ4v) is 3.44. The molecule has 0 heterocycles. The van der Waals surface area contributed by atoms with Crippen molar-refractivity contribution in [3.63, 3.8) is 0 Å². The summed E-state index contributed by atoms with van der Waals surface area (Å²) in [5, 5.41) is 0. The van der Waals surface area contributed by atoms with Gasteiger partial charge in [0.2, 0.25) is 10.0 Å². The predicted molar refractivity (Wildman–Crippen MR) is 89.4 cm³/mol. The van der Waals surface area contributed by atoms with Crippen molar-refractivity contribution in [1.82, 2.24) is 4.31 Å². The highest BCUT2D eigenvalue weighted by molar-refractivity contribution is 7.89. The number of benzene rings is 2. The molecule has 0 bridgehead atoms. The predicted octanol–water partition coefficient (Wildman–Crippen LogP) is 2.30. The summed E-state index contributed by atoms with van der Waals surface area (Å²) in [5.41, 5.74) is 0.930. The molecule has 0 amide bonds. The number of carbonyl (C=O) groups excluding carboxylic acids is 1. The first-order valence-corrected chi connectivity index (χ1v) is 8.60. The Morgan fingerprint density at radius 1 is 1.08 bits per heavy atom. The highest BCUT2D eigenvalue weighted by atomic mass is 32.2. The number of hydrogen-bond donors (Lipinski definition) is 0. The molecule has 2 rings (SSSR count). The average molecular weight is 349 g/mol. The summed E-state index contributed by atoms with van der Waals surface area (Å²) in [6.07, 6.45) is 0. The average Bonchev–Trinajstić information content (AvgIpc) is 2.61. The molecular weight excluding hydrogens is 330 g/mol. The van der Waals surface area contributed by atoms with E-state index < -0.39 is 16.0 Å². The summed E-state index contributed by atoms with van der Waals surface area (Å²) in [6, 6.07) is 13.0. The van der Waals surface area contributed by atoms with Crippen LogP contribution in [-0.2, 0) is 21.3 Å². The van der Waals surface area contributed by atoms with Gasteiger partial charge in [-0.2, -0.15) is 4.31 Å². The van der Waals surface area contributed by atoms with Crippen LogP contribution in [0.3, 0.4) is 0 Å². The fraction of sp³-hybridized carbons (Fsp3) is 0.235. The van der Waals surface area contributed by atoms with E-state index in [1.807, 2.05) is 12.1 Å². The molecule has 0 radical (unpaired) electrons. The van der Waals surface area contributed by atoms with Gasteiger partial charge in [-0.1, -0.05) is 24.3 Å². The lowest BCUT2D eigenvalue weighted by atomic mass is 10.2. The van der Waals surface area contributed by atoms with E-state index in [1.165, 1.54) is 49.8 Å². The lowest BCUT2D eigenvalue weighted by molar-refractivity contribution is 0.0600. The van der Waals surface area contributed by atoms with Gasteiger partial charge in [0, 0.05) is 19.2 Å². The van der Waals surface area contributed by atoms with Crippen LogP contribution >= 0.6 is 0 Å². The second-order valence-corrected chi connectivity index (χ2v) is 7.14. The second-order valence-electron chi connectivity index (χ2n) is 5.09. The molecule has 0 unspecified atom stereocenters. The summed E-state index contributed by atoms with van der Waals surface area (Å²) in [7, 11) is 0.505. The van der Waals surface area contributed by atoms with Gasteiger partial charge in [-0.3, -0.25) is 0 Å². The van der Waals surface area contributed by atoms with E-state index in [9.17, 15) is 13.2 Å². The summed E-state index contributed by atoms with van der Waals surface area (Å²) in [5.74, 6) is 0.0299. The van der Waals surface area contributed by atoms with Crippen LogP contribution in [0.4, 0.5) is 0 Å². The van der Waals surface area contributed by atoms with E-state index in [4.69, 9.17) is 4.74 Å². The maximum atomic E-state index is 12.7. The summed E-state index contributed by atoms with van der Waals surface area (Å²) in [4.78, 5) is 11.6. The number of methoxy groups -OCH3 is 2. The Bertz CT molecular complexity index is 832. The van der Waals surface area contributed by atoms with E-state index >= 15 is 0 Å². The second kappa shape index (κ2) is 7.46. The van der Waals surface area contributed by atoms with Crippen LogP contribution in [-0.4, -0.2) is 40.0 Å². The fourth-order valence-electron chi connectivity index (χ4n) is 2.24. The van der Waals surface area contributed by atoms with E-state index in [-0.39, 0.29) is 17.0 Å². The van der Waals surface area contributed by atoms with Gasteiger partial charge in [0.05, 0.1) is 24.7 Å². The number of nitrogens with zero attached hydrogens (tertiary/aromatic N) is 1. The van der Waals surface area contributed by atoms with Gasteiger partial charge in [-0.25, -0.2) is 13.2 Å². The maximum absolute atomic E-state index is 12.7. The van der Waals surface area contributed by atoms with Crippen molar-refractivity contribution < 1.29 is 22.7 Å². The van der Waals surface area contributed by atoms with Crippen molar-refractivity contribution in [2.45, 2.75) is 11.4 Å². The van der Waals surface area contributed by atoms with Crippen molar-refractivity contribution in [2.24, 2.45) is 0 Å². The van der Waals surface area contributed by atoms with Crippen molar-refractivity contribution in [2.75, 3.05) is 21.3 Å². The lowest BCUT2D eigenvalue weighted by Crippen LogP contribution is -2.27. The monoisotopic (exact) mass is 349 g/mol. The van der Waals surface area contributed by atoms with Crippen LogP contribution in [0, 0.1) is 0 Å². The Labute approximate surface area is 141 Å². The van der Waals surface area contributed by atoms with E-state index in [1.54, 1.807) is 12.1 Å². The molecule has 0 saturated carbocycles. The minimum atomic E-state index is -3.76. The molecular formula is C17H19NO5S. The summed E-state index contributed by atoms with van der Waals surface area (Å²) >= 11 is 0. The molecule has 0 aliphatic carbocycles. The molecule has 0 aromatic heterocycles. The third kappa shape index (κ3) is 3.74. The molecule has 2 aromatic carbocycles. The first kappa shape index (κ1) is 18.0.